The standard InChI is InChI=1S/C28H36N2O2/c1-5-6-7-10-19-32-25-12-9-8-11-22(25)15-17-28-27(3,4)23-20-21(2)13-14-24(23)30(28)18-16-26(31)29-28/h8-9,11-15,17,20H,5-7,10,16,18-19H2,1-4H3,(H,29,31)/b17-15+/t28-/m0/s1. The Morgan fingerprint density at radius 1 is 1.12 bits per heavy atom. The van der Waals surface area contributed by atoms with Gasteiger partial charge < -0.3 is 15.0 Å². The number of nitrogens with one attached hydrogen (secondary N) is 1. The molecule has 1 amide bonds. The molecule has 0 aromatic heterocycles. The Hall–Kier alpha value is -2.75. The predicted octanol–water partition coefficient (Wildman–Crippen LogP) is 5.98. The van der Waals surface area contributed by atoms with Gasteiger partial charge in [-0.25, -0.2) is 0 Å². The number of unbranched alkanes of at least 4 members (excludes halogenated alkanes) is 3. The van der Waals surface area contributed by atoms with Gasteiger partial charge in [0, 0.05) is 29.6 Å². The molecule has 1 atom stereocenters. The topological polar surface area (TPSA) is 41.6 Å². The molecular formula is C28H36N2O2. The summed E-state index contributed by atoms with van der Waals surface area (Å²) in [5, 5.41) is 3.36. The Bertz CT molecular complexity index is 1010. The molecule has 0 aliphatic carbocycles. The molecule has 1 N–H and O–H groups in total. The van der Waals surface area contributed by atoms with Crippen LogP contribution in [0.5, 0.6) is 5.75 Å². The average molecular weight is 433 g/mol. The fraction of sp³-hybridized carbons (Fsp3) is 0.464. The second-order valence-electron chi connectivity index (χ2n) is 9.64. The summed E-state index contributed by atoms with van der Waals surface area (Å²) in [7, 11) is 0. The highest BCUT2D eigenvalue weighted by molar-refractivity contribution is 5.85. The number of anilines is 1. The summed E-state index contributed by atoms with van der Waals surface area (Å²) in [6.45, 7) is 10.3. The van der Waals surface area contributed by atoms with Crippen molar-refractivity contribution in [1.29, 1.82) is 0 Å². The molecule has 0 bridgehead atoms. The van der Waals surface area contributed by atoms with E-state index in [9.17, 15) is 4.79 Å². The number of rotatable bonds is 8. The minimum absolute atomic E-state index is 0.101. The van der Waals surface area contributed by atoms with E-state index >= 15 is 0 Å². The monoisotopic (exact) mass is 432 g/mol. The highest BCUT2D eigenvalue weighted by Crippen LogP contribution is 2.52. The van der Waals surface area contributed by atoms with Gasteiger partial charge in [-0.1, -0.05) is 82.0 Å². The highest BCUT2D eigenvalue weighted by atomic mass is 16.5. The summed E-state index contributed by atoms with van der Waals surface area (Å²) in [4.78, 5) is 15.0. The first-order chi connectivity index (χ1) is 15.4. The molecule has 2 aromatic rings. The number of nitrogens with zero attached hydrogens (tertiary/aromatic N) is 1. The van der Waals surface area contributed by atoms with E-state index in [0.717, 1.165) is 24.3 Å². The van der Waals surface area contributed by atoms with Crippen LogP contribution in [0.25, 0.3) is 6.08 Å². The van der Waals surface area contributed by atoms with Gasteiger partial charge in [0.25, 0.3) is 0 Å². The van der Waals surface area contributed by atoms with Gasteiger partial charge in [-0.2, -0.15) is 0 Å². The van der Waals surface area contributed by atoms with E-state index < -0.39 is 5.66 Å². The van der Waals surface area contributed by atoms with Gasteiger partial charge in [0.1, 0.15) is 11.4 Å². The van der Waals surface area contributed by atoms with Crippen LogP contribution in [-0.4, -0.2) is 24.7 Å². The molecule has 170 valence electrons. The largest absolute Gasteiger partial charge is 0.493 e. The van der Waals surface area contributed by atoms with E-state index in [1.165, 1.54) is 36.1 Å². The van der Waals surface area contributed by atoms with Crippen LogP contribution in [0.4, 0.5) is 5.69 Å². The fourth-order valence-corrected chi connectivity index (χ4v) is 5.14. The molecule has 2 aromatic carbocycles. The Labute approximate surface area is 192 Å². The van der Waals surface area contributed by atoms with Crippen LogP contribution in [0, 0.1) is 6.92 Å². The average Bonchev–Trinajstić information content (AvgIpc) is 2.96. The van der Waals surface area contributed by atoms with Crippen LogP contribution < -0.4 is 15.0 Å². The Morgan fingerprint density at radius 2 is 1.94 bits per heavy atom. The van der Waals surface area contributed by atoms with E-state index in [0.29, 0.717) is 13.0 Å². The zero-order chi connectivity index (χ0) is 22.8. The van der Waals surface area contributed by atoms with E-state index in [1.54, 1.807) is 0 Å². The molecule has 0 spiro atoms. The lowest BCUT2D eigenvalue weighted by molar-refractivity contribution is -0.124. The number of hydrogen-bond donors (Lipinski definition) is 1. The van der Waals surface area contributed by atoms with Crippen molar-refractivity contribution in [3.05, 3.63) is 65.2 Å². The quantitative estimate of drug-likeness (QED) is 0.522. The first-order valence-corrected chi connectivity index (χ1v) is 12.0. The smallest absolute Gasteiger partial charge is 0.223 e. The predicted molar refractivity (Wildman–Crippen MR) is 132 cm³/mol. The van der Waals surface area contributed by atoms with Crippen molar-refractivity contribution < 1.29 is 9.53 Å². The third-order valence-corrected chi connectivity index (χ3v) is 7.07. The summed E-state index contributed by atoms with van der Waals surface area (Å²) in [5.41, 5.74) is 3.89. The Balaban J connectivity index is 1.66. The molecule has 2 aliphatic rings. The van der Waals surface area contributed by atoms with Crippen LogP contribution >= 0.6 is 0 Å². The molecule has 0 unspecified atom stereocenters. The van der Waals surface area contributed by atoms with Crippen LogP contribution in [0.15, 0.2) is 48.5 Å². The van der Waals surface area contributed by atoms with E-state index in [2.05, 4.69) is 74.3 Å². The van der Waals surface area contributed by atoms with E-state index in [-0.39, 0.29) is 11.3 Å². The first kappa shape index (κ1) is 22.4. The maximum Gasteiger partial charge on any atom is 0.223 e. The molecule has 32 heavy (non-hydrogen) atoms. The number of ether oxygens (including phenoxy) is 1. The molecule has 2 aliphatic heterocycles. The maximum atomic E-state index is 12.6. The lowest BCUT2D eigenvalue weighted by Crippen LogP contribution is -2.68. The summed E-state index contributed by atoms with van der Waals surface area (Å²) < 4.78 is 6.13. The van der Waals surface area contributed by atoms with Gasteiger partial charge in [0.05, 0.1) is 6.61 Å². The number of aryl methyl sites for hydroxylation is 1. The molecule has 4 heteroatoms. The number of carbonyl (C=O) groups excluding carboxylic acids is 1. The van der Waals surface area contributed by atoms with Crippen molar-refractivity contribution in [3.63, 3.8) is 0 Å². The minimum atomic E-state index is -0.604. The number of para-hydroxylation sites is 1. The fourth-order valence-electron chi connectivity index (χ4n) is 5.14. The molecule has 0 saturated carbocycles. The number of benzene rings is 2. The maximum absolute atomic E-state index is 12.6. The summed E-state index contributed by atoms with van der Waals surface area (Å²) in [6.07, 6.45) is 9.56. The zero-order valence-corrected chi connectivity index (χ0v) is 19.9. The molecular weight excluding hydrogens is 396 g/mol. The van der Waals surface area contributed by atoms with Crippen LogP contribution in [0.1, 0.15) is 69.6 Å². The second kappa shape index (κ2) is 9.01. The minimum Gasteiger partial charge on any atom is -0.493 e. The third-order valence-electron chi connectivity index (χ3n) is 7.07. The normalized spacial score (nSPS) is 21.4. The summed E-state index contributed by atoms with van der Waals surface area (Å²) >= 11 is 0. The van der Waals surface area contributed by atoms with Crippen molar-refractivity contribution in [2.24, 2.45) is 0 Å². The number of fused-ring (bicyclic) bond motifs is 3. The zero-order valence-electron chi connectivity index (χ0n) is 19.9. The molecule has 0 radical (unpaired) electrons. The van der Waals surface area contributed by atoms with Gasteiger partial charge in [-0.05, 0) is 37.1 Å². The van der Waals surface area contributed by atoms with Crippen molar-refractivity contribution in [3.8, 4) is 5.75 Å². The van der Waals surface area contributed by atoms with Crippen LogP contribution in [0.2, 0.25) is 0 Å². The van der Waals surface area contributed by atoms with Crippen LogP contribution in [-0.2, 0) is 10.2 Å². The molecule has 1 saturated heterocycles. The van der Waals surface area contributed by atoms with Gasteiger partial charge in [-0.15, -0.1) is 0 Å². The van der Waals surface area contributed by atoms with Crippen molar-refractivity contribution in [2.45, 2.75) is 70.9 Å². The molecule has 1 fully saturated rings. The number of hydrogen-bond acceptors (Lipinski definition) is 3. The third kappa shape index (κ3) is 3.92. The number of carbonyl (C=O) groups is 1. The van der Waals surface area contributed by atoms with Gasteiger partial charge in [0.2, 0.25) is 5.91 Å². The summed E-state index contributed by atoms with van der Waals surface area (Å²) in [6, 6.07) is 14.8. The van der Waals surface area contributed by atoms with Crippen molar-refractivity contribution in [1.82, 2.24) is 5.32 Å². The molecule has 2 heterocycles. The van der Waals surface area contributed by atoms with E-state index in [1.807, 2.05) is 18.2 Å². The van der Waals surface area contributed by atoms with Gasteiger partial charge in [-0.3, -0.25) is 4.79 Å². The first-order valence-electron chi connectivity index (χ1n) is 12.0. The van der Waals surface area contributed by atoms with Crippen molar-refractivity contribution in [2.75, 3.05) is 18.1 Å². The summed E-state index contributed by atoms with van der Waals surface area (Å²) in [5.74, 6) is 0.999. The molecule has 4 nitrogen and oxygen atoms in total. The Morgan fingerprint density at radius 3 is 2.75 bits per heavy atom. The highest BCUT2D eigenvalue weighted by Gasteiger charge is 2.57. The van der Waals surface area contributed by atoms with E-state index in [4.69, 9.17) is 4.74 Å². The molecule has 4 rings (SSSR count). The lowest BCUT2D eigenvalue weighted by Gasteiger charge is -2.49. The van der Waals surface area contributed by atoms with Gasteiger partial charge in [0.15, 0.2) is 0 Å². The number of amides is 1. The lowest BCUT2D eigenvalue weighted by atomic mass is 9.74. The van der Waals surface area contributed by atoms with Crippen LogP contribution in [0.3, 0.4) is 0 Å². The SMILES string of the molecule is CCCCCCOc1ccccc1/C=C/[C@]12NC(=O)CCN1c1ccc(C)cc1C2(C)C. The van der Waals surface area contributed by atoms with Crippen molar-refractivity contribution >= 4 is 17.7 Å². The second-order valence-corrected chi connectivity index (χ2v) is 9.64. The van der Waals surface area contributed by atoms with Gasteiger partial charge >= 0.3 is 0 Å². The Kier molecular flexibility index (Phi) is 6.32.